The van der Waals surface area contributed by atoms with Crippen molar-refractivity contribution in [2.75, 3.05) is 13.1 Å². The van der Waals surface area contributed by atoms with Crippen molar-refractivity contribution in [3.8, 4) is 0 Å². The molecule has 3 aromatic rings. The quantitative estimate of drug-likeness (QED) is 0.636. The zero-order chi connectivity index (χ0) is 21.6. The molecule has 160 valence electrons. The molecule has 1 amide bonds. The van der Waals surface area contributed by atoms with E-state index in [1.807, 2.05) is 0 Å². The van der Waals surface area contributed by atoms with Crippen LogP contribution < -0.4 is 0 Å². The molecule has 3 aromatic heterocycles. The van der Waals surface area contributed by atoms with Crippen molar-refractivity contribution >= 4 is 17.0 Å². The number of fused-ring (bicyclic) bond motifs is 1. The Labute approximate surface area is 170 Å². The summed E-state index contributed by atoms with van der Waals surface area (Å²) in [6.45, 7) is 4.33. The van der Waals surface area contributed by atoms with Crippen molar-refractivity contribution in [3.63, 3.8) is 0 Å². The molecule has 7 nitrogen and oxygen atoms in total. The van der Waals surface area contributed by atoms with E-state index in [0.29, 0.717) is 30.8 Å². The lowest BCUT2D eigenvalue weighted by atomic mass is 9.91. The highest BCUT2D eigenvalue weighted by molar-refractivity contribution is 5.92. The van der Waals surface area contributed by atoms with Crippen molar-refractivity contribution in [1.29, 1.82) is 0 Å². The van der Waals surface area contributed by atoms with Gasteiger partial charge >= 0.3 is 6.18 Å². The summed E-state index contributed by atoms with van der Waals surface area (Å²) in [6, 6.07) is 2.70. The number of alkyl halides is 3. The average Bonchev–Trinajstić information content (AvgIpc) is 3.32. The van der Waals surface area contributed by atoms with Gasteiger partial charge < -0.3 is 9.42 Å². The van der Waals surface area contributed by atoms with Crippen LogP contribution in [0.2, 0.25) is 0 Å². The lowest BCUT2D eigenvalue weighted by molar-refractivity contribution is -0.136. The van der Waals surface area contributed by atoms with Gasteiger partial charge in [0.05, 0.1) is 16.6 Å². The van der Waals surface area contributed by atoms with Crippen LogP contribution in [0.1, 0.15) is 66.0 Å². The molecule has 1 fully saturated rings. The summed E-state index contributed by atoms with van der Waals surface area (Å²) in [5, 5.41) is 7.88. The average molecular weight is 421 g/mol. The molecule has 0 bridgehead atoms. The van der Waals surface area contributed by atoms with Crippen LogP contribution in [0.4, 0.5) is 13.2 Å². The van der Waals surface area contributed by atoms with Gasteiger partial charge in [-0.3, -0.25) is 9.48 Å². The Kier molecular flexibility index (Phi) is 5.03. The van der Waals surface area contributed by atoms with Crippen LogP contribution in [0.25, 0.3) is 11.1 Å². The fourth-order valence-corrected chi connectivity index (χ4v) is 3.92. The van der Waals surface area contributed by atoms with Crippen LogP contribution in [0.5, 0.6) is 0 Å². The zero-order valence-electron chi connectivity index (χ0n) is 16.9. The molecule has 0 aromatic carbocycles. The maximum absolute atomic E-state index is 13.8. The van der Waals surface area contributed by atoms with Gasteiger partial charge in [0.2, 0.25) is 0 Å². The van der Waals surface area contributed by atoms with E-state index in [1.165, 1.54) is 10.9 Å². The summed E-state index contributed by atoms with van der Waals surface area (Å²) >= 11 is 0. The van der Waals surface area contributed by atoms with Crippen molar-refractivity contribution in [2.45, 2.75) is 44.7 Å². The van der Waals surface area contributed by atoms with Crippen molar-refractivity contribution < 1.29 is 22.5 Å². The Hall–Kier alpha value is -2.91. The lowest BCUT2D eigenvalue weighted by Crippen LogP contribution is -2.40. The number of carbonyl (C=O) groups is 1. The number of aryl methyl sites for hydroxylation is 1. The van der Waals surface area contributed by atoms with E-state index in [9.17, 15) is 18.0 Å². The molecule has 1 aliphatic heterocycles. The van der Waals surface area contributed by atoms with Gasteiger partial charge in [0.1, 0.15) is 5.69 Å². The summed E-state index contributed by atoms with van der Waals surface area (Å²) in [4.78, 5) is 18.7. The number of pyridine rings is 1. The second-order valence-corrected chi connectivity index (χ2v) is 7.93. The first kappa shape index (κ1) is 20.4. The molecule has 10 heteroatoms. The Balaban J connectivity index is 1.72. The number of piperidine rings is 1. The van der Waals surface area contributed by atoms with Gasteiger partial charge in [-0.15, -0.1) is 0 Å². The van der Waals surface area contributed by atoms with Gasteiger partial charge in [0.25, 0.3) is 11.6 Å². The second kappa shape index (κ2) is 7.41. The predicted molar refractivity (Wildman–Crippen MR) is 102 cm³/mol. The summed E-state index contributed by atoms with van der Waals surface area (Å²) in [5.74, 6) is -0.764. The van der Waals surface area contributed by atoms with Crippen molar-refractivity contribution in [2.24, 2.45) is 7.05 Å². The van der Waals surface area contributed by atoms with Crippen LogP contribution in [0.3, 0.4) is 0 Å². The number of hydrogen-bond acceptors (Lipinski definition) is 5. The topological polar surface area (TPSA) is 77.0 Å². The second-order valence-electron chi connectivity index (χ2n) is 7.93. The maximum atomic E-state index is 13.8. The van der Waals surface area contributed by atoms with Gasteiger partial charge in [-0.1, -0.05) is 19.0 Å². The smallest absolute Gasteiger partial charge is 0.337 e. The number of carbonyl (C=O) groups excluding carboxylic acids is 1. The molecule has 4 rings (SSSR count). The first-order valence-electron chi connectivity index (χ1n) is 9.81. The third-order valence-corrected chi connectivity index (χ3v) is 5.52. The fraction of sp³-hybridized carbons (Fsp3) is 0.500. The van der Waals surface area contributed by atoms with E-state index >= 15 is 0 Å². The largest absolute Gasteiger partial charge is 0.417 e. The van der Waals surface area contributed by atoms with Crippen molar-refractivity contribution in [3.05, 3.63) is 41.0 Å². The highest BCUT2D eigenvalue weighted by Gasteiger charge is 2.38. The van der Waals surface area contributed by atoms with Gasteiger partial charge in [0.15, 0.2) is 0 Å². The summed E-state index contributed by atoms with van der Waals surface area (Å²) in [5.41, 5.74) is 0.0397. The Bertz CT molecular complexity index is 1090. The summed E-state index contributed by atoms with van der Waals surface area (Å²) in [7, 11) is 1.67. The Morgan fingerprint density at radius 2 is 2.10 bits per heavy atom. The van der Waals surface area contributed by atoms with E-state index in [4.69, 9.17) is 4.52 Å². The number of aromatic nitrogens is 4. The number of rotatable bonds is 3. The third-order valence-electron chi connectivity index (χ3n) is 5.52. The van der Waals surface area contributed by atoms with E-state index < -0.39 is 11.7 Å². The maximum Gasteiger partial charge on any atom is 0.417 e. The minimum absolute atomic E-state index is 0.105. The first-order valence-corrected chi connectivity index (χ1v) is 9.81. The van der Waals surface area contributed by atoms with E-state index in [0.717, 1.165) is 6.07 Å². The number of likely N-dealkylation sites (tertiary alicyclic amines) is 1. The molecule has 0 unspecified atom stereocenters. The highest BCUT2D eigenvalue weighted by atomic mass is 19.4. The normalized spacial score (nSPS) is 17.8. The standard InChI is InChI=1S/C20H22F3N5O2/c1-11(2)14-9-13(20(21,22)23)16-17(26-30-18(16)25-14)12-5-4-8-28(10-12)19(29)15-6-7-24-27(15)3/h6-7,9,11-12H,4-5,8,10H2,1-3H3/t12-/m1/s1. The molecular weight excluding hydrogens is 399 g/mol. The number of hydrogen-bond donors (Lipinski definition) is 0. The molecule has 1 saturated heterocycles. The minimum atomic E-state index is -4.57. The highest BCUT2D eigenvalue weighted by Crippen LogP contribution is 2.40. The lowest BCUT2D eigenvalue weighted by Gasteiger charge is -2.32. The molecule has 0 spiro atoms. The fourth-order valence-electron chi connectivity index (χ4n) is 3.92. The minimum Gasteiger partial charge on any atom is -0.337 e. The zero-order valence-corrected chi connectivity index (χ0v) is 16.9. The van der Waals surface area contributed by atoms with E-state index in [2.05, 4.69) is 15.2 Å². The van der Waals surface area contributed by atoms with Gasteiger partial charge in [-0.2, -0.15) is 18.3 Å². The molecule has 30 heavy (non-hydrogen) atoms. The molecule has 4 heterocycles. The van der Waals surface area contributed by atoms with E-state index in [-0.39, 0.29) is 41.1 Å². The van der Waals surface area contributed by atoms with Crippen LogP contribution in [0.15, 0.2) is 22.9 Å². The summed E-state index contributed by atoms with van der Waals surface area (Å²) in [6.07, 6.45) is -1.76. The number of halogens is 3. The molecule has 0 N–H and O–H groups in total. The first-order chi connectivity index (χ1) is 14.2. The van der Waals surface area contributed by atoms with Crippen LogP contribution in [-0.4, -0.2) is 43.8 Å². The van der Waals surface area contributed by atoms with Crippen LogP contribution in [-0.2, 0) is 13.2 Å². The molecule has 1 atom stereocenters. The SMILES string of the molecule is CC(C)c1cc(C(F)(F)F)c2c([C@@H]3CCCN(C(=O)c4ccnn4C)C3)noc2n1. The molecule has 0 aliphatic carbocycles. The van der Waals surface area contributed by atoms with Crippen molar-refractivity contribution in [1.82, 2.24) is 24.8 Å². The third kappa shape index (κ3) is 3.54. The van der Waals surface area contributed by atoms with Crippen LogP contribution in [0, 0.1) is 0 Å². The molecule has 0 radical (unpaired) electrons. The monoisotopic (exact) mass is 421 g/mol. The number of nitrogens with zero attached hydrogens (tertiary/aromatic N) is 5. The van der Waals surface area contributed by atoms with Crippen LogP contribution >= 0.6 is 0 Å². The van der Waals surface area contributed by atoms with E-state index in [1.54, 1.807) is 31.9 Å². The Morgan fingerprint density at radius 3 is 2.73 bits per heavy atom. The van der Waals surface area contributed by atoms with Gasteiger partial charge in [-0.25, -0.2) is 4.98 Å². The van der Waals surface area contributed by atoms with Gasteiger partial charge in [-0.05, 0) is 30.9 Å². The predicted octanol–water partition coefficient (Wildman–Crippen LogP) is 4.12. The molecular formula is C20H22F3N5O2. The molecule has 1 aliphatic rings. The van der Waals surface area contributed by atoms with Gasteiger partial charge in [0, 0.05) is 37.9 Å². The number of amides is 1. The Morgan fingerprint density at radius 1 is 1.33 bits per heavy atom. The molecule has 0 saturated carbocycles. The summed E-state index contributed by atoms with van der Waals surface area (Å²) < 4.78 is 48.3.